The number of rotatable bonds is 11. The van der Waals surface area contributed by atoms with Gasteiger partial charge in [-0.05, 0) is 26.2 Å². The molecule has 0 spiro atoms. The summed E-state index contributed by atoms with van der Waals surface area (Å²) in [6.45, 7) is 9.39. The third-order valence-corrected chi connectivity index (χ3v) is 3.09. The Hall–Kier alpha value is -0.120. The van der Waals surface area contributed by atoms with E-state index < -0.39 is 12.4 Å². The van der Waals surface area contributed by atoms with Gasteiger partial charge in [0.15, 0.2) is 6.29 Å². The Balaban J connectivity index is 4.09. The predicted octanol–water partition coefficient (Wildman–Crippen LogP) is 3.35. The molecule has 0 aliphatic carbocycles. The summed E-state index contributed by atoms with van der Waals surface area (Å²) in [4.78, 5) is 0. The van der Waals surface area contributed by atoms with Crippen LogP contribution < -0.4 is 0 Å². The molecule has 0 aromatic carbocycles. The van der Waals surface area contributed by atoms with Gasteiger partial charge in [-0.1, -0.05) is 39.5 Å². The number of unbranched alkanes of at least 4 members (excludes halogenated alkanes) is 1. The lowest BCUT2D eigenvalue weighted by Crippen LogP contribution is -2.33. The van der Waals surface area contributed by atoms with Crippen molar-refractivity contribution in [2.24, 2.45) is 5.92 Å². The maximum Gasteiger partial charge on any atom is 0.183 e. The summed E-state index contributed by atoms with van der Waals surface area (Å²) in [6, 6.07) is 0. The second-order valence-corrected chi connectivity index (χ2v) is 4.50. The highest BCUT2D eigenvalue weighted by Gasteiger charge is 2.22. The van der Waals surface area contributed by atoms with E-state index in [4.69, 9.17) is 9.47 Å². The largest absolute Gasteiger partial charge is 0.388 e. The molecule has 1 N–H and O–H groups in total. The van der Waals surface area contributed by atoms with Crippen LogP contribution in [0, 0.1) is 5.92 Å². The van der Waals surface area contributed by atoms with E-state index in [0.717, 1.165) is 12.8 Å². The van der Waals surface area contributed by atoms with E-state index in [1.807, 2.05) is 13.8 Å². The normalized spacial score (nSPS) is 15.2. The Bertz CT molecular complexity index is 156. The first-order chi connectivity index (χ1) is 8.19. The highest BCUT2D eigenvalue weighted by atomic mass is 16.7. The van der Waals surface area contributed by atoms with Gasteiger partial charge in [-0.3, -0.25) is 0 Å². The molecule has 17 heavy (non-hydrogen) atoms. The van der Waals surface area contributed by atoms with Gasteiger partial charge >= 0.3 is 0 Å². The van der Waals surface area contributed by atoms with Crippen LogP contribution in [0.2, 0.25) is 0 Å². The molecule has 0 aromatic heterocycles. The Morgan fingerprint density at radius 2 is 1.59 bits per heavy atom. The van der Waals surface area contributed by atoms with Crippen molar-refractivity contribution in [1.82, 2.24) is 0 Å². The SMILES string of the molecule is CCCCC(CC)CC(O)C(OCC)OCC. The van der Waals surface area contributed by atoms with Crippen molar-refractivity contribution in [3.05, 3.63) is 0 Å². The lowest BCUT2D eigenvalue weighted by atomic mass is 9.93. The molecule has 0 rings (SSSR count). The molecule has 0 amide bonds. The van der Waals surface area contributed by atoms with Gasteiger partial charge in [0.2, 0.25) is 0 Å². The average molecular weight is 246 g/mol. The Labute approximate surface area is 107 Å². The number of aliphatic hydroxyl groups is 1. The van der Waals surface area contributed by atoms with Crippen LogP contribution in [-0.2, 0) is 9.47 Å². The van der Waals surface area contributed by atoms with Gasteiger partial charge < -0.3 is 14.6 Å². The summed E-state index contributed by atoms with van der Waals surface area (Å²) in [5, 5.41) is 10.1. The molecule has 0 radical (unpaired) electrons. The van der Waals surface area contributed by atoms with Crippen molar-refractivity contribution in [2.45, 2.75) is 72.2 Å². The van der Waals surface area contributed by atoms with Crippen molar-refractivity contribution in [3.8, 4) is 0 Å². The minimum atomic E-state index is -0.503. The van der Waals surface area contributed by atoms with Crippen LogP contribution in [0.4, 0.5) is 0 Å². The molecule has 0 bridgehead atoms. The molecule has 104 valence electrons. The zero-order valence-corrected chi connectivity index (χ0v) is 11.9. The second kappa shape index (κ2) is 11.0. The lowest BCUT2D eigenvalue weighted by Gasteiger charge is -2.25. The fourth-order valence-electron chi connectivity index (χ4n) is 2.03. The van der Waals surface area contributed by atoms with Crippen LogP contribution in [0.1, 0.15) is 59.8 Å². The first-order valence-electron chi connectivity index (χ1n) is 7.10. The topological polar surface area (TPSA) is 38.7 Å². The highest BCUT2D eigenvalue weighted by molar-refractivity contribution is 4.67. The van der Waals surface area contributed by atoms with Crippen LogP contribution >= 0.6 is 0 Å². The van der Waals surface area contributed by atoms with Crippen molar-refractivity contribution < 1.29 is 14.6 Å². The van der Waals surface area contributed by atoms with Crippen molar-refractivity contribution in [2.75, 3.05) is 13.2 Å². The molecular formula is C14H30O3. The second-order valence-electron chi connectivity index (χ2n) is 4.50. The summed E-state index contributed by atoms with van der Waals surface area (Å²) in [6.07, 6.45) is 4.57. The quantitative estimate of drug-likeness (QED) is 0.568. The lowest BCUT2D eigenvalue weighted by molar-refractivity contribution is -0.193. The van der Waals surface area contributed by atoms with Crippen LogP contribution in [0.25, 0.3) is 0 Å². The molecule has 0 aromatic rings. The molecule has 2 unspecified atom stereocenters. The summed E-state index contributed by atoms with van der Waals surface area (Å²) >= 11 is 0. The summed E-state index contributed by atoms with van der Waals surface area (Å²) in [7, 11) is 0. The maximum absolute atomic E-state index is 10.1. The van der Waals surface area contributed by atoms with Gasteiger partial charge in [-0.2, -0.15) is 0 Å². The molecule has 0 saturated heterocycles. The van der Waals surface area contributed by atoms with Gasteiger partial charge in [-0.25, -0.2) is 0 Å². The van der Waals surface area contributed by atoms with E-state index in [-0.39, 0.29) is 0 Å². The monoisotopic (exact) mass is 246 g/mol. The number of hydrogen-bond donors (Lipinski definition) is 1. The summed E-state index contributed by atoms with van der Waals surface area (Å²) < 4.78 is 10.8. The van der Waals surface area contributed by atoms with E-state index >= 15 is 0 Å². The summed E-state index contributed by atoms with van der Waals surface area (Å²) in [5.41, 5.74) is 0. The van der Waals surface area contributed by atoms with Crippen molar-refractivity contribution in [3.63, 3.8) is 0 Å². The fourth-order valence-corrected chi connectivity index (χ4v) is 2.03. The van der Waals surface area contributed by atoms with Gasteiger partial charge in [0.05, 0.1) is 0 Å². The minimum Gasteiger partial charge on any atom is -0.388 e. The number of hydrogen-bond acceptors (Lipinski definition) is 3. The van der Waals surface area contributed by atoms with E-state index in [2.05, 4.69) is 13.8 Å². The standard InChI is InChI=1S/C14H30O3/c1-5-9-10-12(6-2)11-13(15)14(16-7-3)17-8-4/h12-15H,5-11H2,1-4H3. The Morgan fingerprint density at radius 1 is 1.00 bits per heavy atom. The molecule has 0 aliphatic heterocycles. The van der Waals surface area contributed by atoms with Crippen LogP contribution in [0.5, 0.6) is 0 Å². The third-order valence-electron chi connectivity index (χ3n) is 3.09. The van der Waals surface area contributed by atoms with Crippen LogP contribution in [0.3, 0.4) is 0 Å². The van der Waals surface area contributed by atoms with E-state index in [9.17, 15) is 5.11 Å². The molecule has 0 fully saturated rings. The predicted molar refractivity (Wildman–Crippen MR) is 71.0 cm³/mol. The first kappa shape index (κ1) is 16.9. The van der Waals surface area contributed by atoms with Crippen LogP contribution in [-0.4, -0.2) is 30.7 Å². The van der Waals surface area contributed by atoms with Crippen LogP contribution in [0.15, 0.2) is 0 Å². The minimum absolute atomic E-state index is 0.458. The number of ether oxygens (including phenoxy) is 2. The van der Waals surface area contributed by atoms with Gasteiger partial charge in [-0.15, -0.1) is 0 Å². The molecular weight excluding hydrogens is 216 g/mol. The molecule has 0 aliphatic rings. The highest BCUT2D eigenvalue weighted by Crippen LogP contribution is 2.21. The van der Waals surface area contributed by atoms with Crippen molar-refractivity contribution in [1.29, 1.82) is 0 Å². The molecule has 0 saturated carbocycles. The van der Waals surface area contributed by atoms with Gasteiger partial charge in [0, 0.05) is 13.2 Å². The molecule has 2 atom stereocenters. The van der Waals surface area contributed by atoms with E-state index in [1.165, 1.54) is 19.3 Å². The smallest absolute Gasteiger partial charge is 0.183 e. The zero-order chi connectivity index (χ0) is 13.1. The Kier molecular flexibility index (Phi) is 10.9. The molecule has 0 heterocycles. The van der Waals surface area contributed by atoms with E-state index in [1.54, 1.807) is 0 Å². The average Bonchev–Trinajstić information content (AvgIpc) is 2.33. The first-order valence-corrected chi connectivity index (χ1v) is 7.10. The maximum atomic E-state index is 10.1. The molecule has 3 nitrogen and oxygen atoms in total. The fraction of sp³-hybridized carbons (Fsp3) is 1.00. The number of aliphatic hydroxyl groups excluding tert-OH is 1. The zero-order valence-electron chi connectivity index (χ0n) is 11.9. The molecule has 3 heteroatoms. The summed E-state index contributed by atoms with van der Waals surface area (Å²) in [5.74, 6) is 0.577. The van der Waals surface area contributed by atoms with Gasteiger partial charge in [0.1, 0.15) is 6.10 Å². The van der Waals surface area contributed by atoms with Gasteiger partial charge in [0.25, 0.3) is 0 Å². The Morgan fingerprint density at radius 3 is 2.00 bits per heavy atom. The van der Waals surface area contributed by atoms with E-state index in [0.29, 0.717) is 19.1 Å². The van der Waals surface area contributed by atoms with Crippen molar-refractivity contribution >= 4 is 0 Å². The third kappa shape index (κ3) is 7.74.